The van der Waals surface area contributed by atoms with Crippen molar-refractivity contribution in [2.24, 2.45) is 11.7 Å². The summed E-state index contributed by atoms with van der Waals surface area (Å²) >= 11 is 0. The molecule has 2 atom stereocenters. The Kier molecular flexibility index (Phi) is 3.67. The number of rotatable bonds is 3. The van der Waals surface area contributed by atoms with E-state index < -0.39 is 4.92 Å². The summed E-state index contributed by atoms with van der Waals surface area (Å²) in [5.41, 5.74) is 6.40. The van der Waals surface area contributed by atoms with Crippen LogP contribution in [0.2, 0.25) is 0 Å². The quantitative estimate of drug-likeness (QED) is 0.658. The monoisotopic (exact) mass is 260 g/mol. The minimum Gasteiger partial charge on any atom is -0.366 e. The fraction of sp³-hybridized carbons (Fsp3) is 0.462. The molecule has 0 aromatic heterocycles. The molecular weight excluding hydrogens is 244 g/mol. The Hall–Kier alpha value is -2.13. The SMILES string of the molecule is CC(N)C1CCN(c2cccc(C#N)c2[N+](=O)[O-])C1. The molecule has 0 bridgehead atoms. The number of nitro groups is 1. The molecule has 0 radical (unpaired) electrons. The zero-order valence-corrected chi connectivity index (χ0v) is 10.7. The lowest BCUT2D eigenvalue weighted by Crippen LogP contribution is -2.30. The molecule has 0 spiro atoms. The van der Waals surface area contributed by atoms with E-state index in [1.54, 1.807) is 12.1 Å². The lowest BCUT2D eigenvalue weighted by Gasteiger charge is -2.20. The molecule has 6 heteroatoms. The second-order valence-electron chi connectivity index (χ2n) is 4.90. The summed E-state index contributed by atoms with van der Waals surface area (Å²) in [7, 11) is 0. The molecule has 1 aromatic rings. The second-order valence-corrected chi connectivity index (χ2v) is 4.90. The lowest BCUT2D eigenvalue weighted by atomic mass is 10.0. The Morgan fingerprint density at radius 1 is 1.63 bits per heavy atom. The van der Waals surface area contributed by atoms with Crippen LogP contribution in [0.5, 0.6) is 0 Å². The van der Waals surface area contributed by atoms with E-state index in [0.29, 0.717) is 18.2 Å². The molecular formula is C13H16N4O2. The van der Waals surface area contributed by atoms with Gasteiger partial charge in [0.15, 0.2) is 0 Å². The molecule has 1 fully saturated rings. The van der Waals surface area contributed by atoms with Crippen molar-refractivity contribution in [2.75, 3.05) is 18.0 Å². The van der Waals surface area contributed by atoms with Crippen molar-refractivity contribution < 1.29 is 4.92 Å². The average molecular weight is 260 g/mol. The van der Waals surface area contributed by atoms with Crippen LogP contribution >= 0.6 is 0 Å². The first-order chi connectivity index (χ1) is 9.04. The summed E-state index contributed by atoms with van der Waals surface area (Å²) in [5.74, 6) is 0.338. The van der Waals surface area contributed by atoms with E-state index >= 15 is 0 Å². The smallest absolute Gasteiger partial charge is 0.310 e. The zero-order chi connectivity index (χ0) is 14.0. The van der Waals surface area contributed by atoms with Gasteiger partial charge in [0, 0.05) is 19.1 Å². The molecule has 1 saturated heterocycles. The van der Waals surface area contributed by atoms with E-state index in [1.165, 1.54) is 6.07 Å². The van der Waals surface area contributed by atoms with Crippen molar-refractivity contribution in [3.63, 3.8) is 0 Å². The standard InChI is InChI=1S/C13H16N4O2/c1-9(15)11-5-6-16(8-11)12-4-2-3-10(7-14)13(12)17(18)19/h2-4,9,11H,5-6,8,15H2,1H3. The molecule has 1 aromatic carbocycles. The van der Waals surface area contributed by atoms with Gasteiger partial charge in [-0.2, -0.15) is 5.26 Å². The van der Waals surface area contributed by atoms with Crippen LogP contribution in [0.15, 0.2) is 18.2 Å². The highest BCUT2D eigenvalue weighted by Crippen LogP contribution is 2.34. The van der Waals surface area contributed by atoms with Gasteiger partial charge < -0.3 is 10.6 Å². The van der Waals surface area contributed by atoms with Crippen LogP contribution in [-0.2, 0) is 0 Å². The number of hydrogen-bond donors (Lipinski definition) is 1. The highest BCUT2D eigenvalue weighted by Gasteiger charge is 2.30. The molecule has 1 heterocycles. The maximum Gasteiger partial charge on any atom is 0.310 e. The Balaban J connectivity index is 2.36. The summed E-state index contributed by atoms with van der Waals surface area (Å²) < 4.78 is 0. The second kappa shape index (κ2) is 5.24. The molecule has 100 valence electrons. The topological polar surface area (TPSA) is 96.2 Å². The first-order valence-electron chi connectivity index (χ1n) is 6.22. The average Bonchev–Trinajstić information content (AvgIpc) is 2.87. The van der Waals surface area contributed by atoms with Gasteiger partial charge in [-0.3, -0.25) is 10.1 Å². The minimum absolute atomic E-state index is 0.0724. The van der Waals surface area contributed by atoms with Gasteiger partial charge in [0.05, 0.1) is 4.92 Å². The summed E-state index contributed by atoms with van der Waals surface area (Å²) in [6.07, 6.45) is 0.922. The fourth-order valence-electron chi connectivity index (χ4n) is 2.50. The first-order valence-corrected chi connectivity index (χ1v) is 6.22. The van der Waals surface area contributed by atoms with Crippen LogP contribution in [0.4, 0.5) is 11.4 Å². The van der Waals surface area contributed by atoms with Crippen LogP contribution < -0.4 is 10.6 Å². The van der Waals surface area contributed by atoms with Gasteiger partial charge in [-0.05, 0) is 31.4 Å². The van der Waals surface area contributed by atoms with Crippen molar-refractivity contribution in [1.29, 1.82) is 5.26 Å². The third kappa shape index (κ3) is 2.51. The molecule has 2 N–H and O–H groups in total. The predicted octanol–water partition coefficient (Wildman–Crippen LogP) is 1.64. The van der Waals surface area contributed by atoms with Crippen LogP contribution in [0.25, 0.3) is 0 Å². The normalized spacial score (nSPS) is 20.1. The Morgan fingerprint density at radius 3 is 2.89 bits per heavy atom. The summed E-state index contributed by atoms with van der Waals surface area (Å²) in [6, 6.07) is 6.80. The van der Waals surface area contributed by atoms with Crippen LogP contribution in [0, 0.1) is 27.4 Å². The Morgan fingerprint density at radius 2 is 2.37 bits per heavy atom. The number of nitrogens with zero attached hydrogens (tertiary/aromatic N) is 3. The van der Waals surface area contributed by atoms with Crippen molar-refractivity contribution in [1.82, 2.24) is 0 Å². The number of hydrogen-bond acceptors (Lipinski definition) is 5. The van der Waals surface area contributed by atoms with Crippen molar-refractivity contribution in [2.45, 2.75) is 19.4 Å². The van der Waals surface area contributed by atoms with Gasteiger partial charge in [0.25, 0.3) is 0 Å². The number of benzene rings is 1. The molecule has 6 nitrogen and oxygen atoms in total. The maximum absolute atomic E-state index is 11.2. The van der Waals surface area contributed by atoms with Gasteiger partial charge in [-0.1, -0.05) is 6.07 Å². The summed E-state index contributed by atoms with van der Waals surface area (Å²) in [5, 5.41) is 20.2. The molecule has 1 aliphatic heterocycles. The lowest BCUT2D eigenvalue weighted by molar-refractivity contribution is -0.384. The predicted molar refractivity (Wildman–Crippen MR) is 71.8 cm³/mol. The molecule has 19 heavy (non-hydrogen) atoms. The van der Waals surface area contributed by atoms with E-state index in [1.807, 2.05) is 17.9 Å². The van der Waals surface area contributed by atoms with Crippen molar-refractivity contribution in [3.05, 3.63) is 33.9 Å². The van der Waals surface area contributed by atoms with E-state index in [-0.39, 0.29) is 17.3 Å². The van der Waals surface area contributed by atoms with Crippen LogP contribution in [0.1, 0.15) is 18.9 Å². The number of nitrogens with two attached hydrogens (primary N) is 1. The number of nitro benzene ring substituents is 1. The number of nitriles is 1. The van der Waals surface area contributed by atoms with Gasteiger partial charge in [-0.25, -0.2) is 0 Å². The third-order valence-electron chi connectivity index (χ3n) is 3.63. The molecule has 0 saturated carbocycles. The van der Waals surface area contributed by atoms with Crippen LogP contribution in [-0.4, -0.2) is 24.1 Å². The van der Waals surface area contributed by atoms with E-state index in [0.717, 1.165) is 13.0 Å². The maximum atomic E-state index is 11.2. The van der Waals surface area contributed by atoms with E-state index in [2.05, 4.69) is 0 Å². The van der Waals surface area contributed by atoms with E-state index in [4.69, 9.17) is 11.0 Å². The number of para-hydroxylation sites is 1. The molecule has 0 amide bonds. The zero-order valence-electron chi connectivity index (χ0n) is 10.7. The number of anilines is 1. The first kappa shape index (κ1) is 13.3. The summed E-state index contributed by atoms with van der Waals surface area (Å²) in [6.45, 7) is 3.39. The van der Waals surface area contributed by atoms with E-state index in [9.17, 15) is 10.1 Å². The van der Waals surface area contributed by atoms with Crippen molar-refractivity contribution >= 4 is 11.4 Å². The highest BCUT2D eigenvalue weighted by atomic mass is 16.6. The Labute approximate surface area is 111 Å². The van der Waals surface area contributed by atoms with Crippen LogP contribution in [0.3, 0.4) is 0 Å². The highest BCUT2D eigenvalue weighted by molar-refractivity contribution is 5.70. The van der Waals surface area contributed by atoms with Crippen molar-refractivity contribution in [3.8, 4) is 6.07 Å². The Bertz CT molecular complexity index is 536. The summed E-state index contributed by atoms with van der Waals surface area (Å²) in [4.78, 5) is 12.6. The fourth-order valence-corrected chi connectivity index (χ4v) is 2.50. The van der Waals surface area contributed by atoms with Gasteiger partial charge >= 0.3 is 5.69 Å². The molecule has 2 unspecified atom stereocenters. The molecule has 2 rings (SSSR count). The third-order valence-corrected chi connectivity index (χ3v) is 3.63. The molecule has 0 aliphatic carbocycles. The molecule has 1 aliphatic rings. The minimum atomic E-state index is -0.479. The van der Waals surface area contributed by atoms with Gasteiger partial charge in [0.2, 0.25) is 0 Å². The van der Waals surface area contributed by atoms with Gasteiger partial charge in [0.1, 0.15) is 17.3 Å². The largest absolute Gasteiger partial charge is 0.366 e. The van der Waals surface area contributed by atoms with Gasteiger partial charge in [-0.15, -0.1) is 0 Å².